The number of carbonyl (C=O) groups is 1. The highest BCUT2D eigenvalue weighted by atomic mass is 16.2. The Morgan fingerprint density at radius 2 is 2.00 bits per heavy atom. The summed E-state index contributed by atoms with van der Waals surface area (Å²) in [5.74, 6) is 1.81. The molecule has 2 N–H and O–H groups in total. The molecule has 1 aliphatic heterocycles. The number of carbonyl (C=O) groups excluding carboxylic acids is 1. The van der Waals surface area contributed by atoms with Gasteiger partial charge in [-0.1, -0.05) is 13.8 Å². The van der Waals surface area contributed by atoms with E-state index < -0.39 is 0 Å². The maximum Gasteiger partial charge on any atom is 0.222 e. The van der Waals surface area contributed by atoms with Crippen molar-refractivity contribution in [2.45, 2.75) is 65.3 Å². The standard InChI is InChI=1S/C15H30N2O/c1-12(2)13-6-5-10-17(11-8-13)14(18)7-9-15(3,4)16/h12-13H,5-11,16H2,1-4H3. The molecule has 1 heterocycles. The first-order valence-corrected chi connectivity index (χ1v) is 7.36. The summed E-state index contributed by atoms with van der Waals surface area (Å²) in [6.07, 6.45) is 4.95. The lowest BCUT2D eigenvalue weighted by Gasteiger charge is -2.24. The van der Waals surface area contributed by atoms with Gasteiger partial charge in [-0.2, -0.15) is 0 Å². The fourth-order valence-electron chi connectivity index (χ4n) is 2.63. The minimum Gasteiger partial charge on any atom is -0.343 e. The monoisotopic (exact) mass is 254 g/mol. The third-order valence-corrected chi connectivity index (χ3v) is 4.05. The zero-order chi connectivity index (χ0) is 13.8. The summed E-state index contributed by atoms with van der Waals surface area (Å²) in [7, 11) is 0. The Labute approximate surface area is 112 Å². The summed E-state index contributed by atoms with van der Waals surface area (Å²) in [5.41, 5.74) is 5.70. The van der Waals surface area contributed by atoms with Crippen LogP contribution in [0, 0.1) is 11.8 Å². The van der Waals surface area contributed by atoms with Crippen molar-refractivity contribution in [2.24, 2.45) is 17.6 Å². The Morgan fingerprint density at radius 3 is 2.56 bits per heavy atom. The minimum absolute atomic E-state index is 0.234. The van der Waals surface area contributed by atoms with Gasteiger partial charge in [-0.15, -0.1) is 0 Å². The molecular formula is C15H30N2O. The van der Waals surface area contributed by atoms with Crippen molar-refractivity contribution < 1.29 is 4.79 Å². The Morgan fingerprint density at radius 1 is 1.33 bits per heavy atom. The zero-order valence-corrected chi connectivity index (χ0v) is 12.5. The summed E-state index contributed by atoms with van der Waals surface area (Å²) in [5, 5.41) is 0. The Bertz CT molecular complexity index is 268. The largest absolute Gasteiger partial charge is 0.343 e. The van der Waals surface area contributed by atoms with Gasteiger partial charge in [0.2, 0.25) is 5.91 Å². The number of nitrogens with zero attached hydrogens (tertiary/aromatic N) is 1. The summed E-state index contributed by atoms with van der Waals surface area (Å²) >= 11 is 0. The average Bonchev–Trinajstić information content (AvgIpc) is 2.50. The normalized spacial score (nSPS) is 22.1. The smallest absolute Gasteiger partial charge is 0.222 e. The van der Waals surface area contributed by atoms with Crippen LogP contribution in [0.5, 0.6) is 0 Å². The van der Waals surface area contributed by atoms with E-state index in [1.165, 1.54) is 6.42 Å². The molecule has 1 fully saturated rings. The highest BCUT2D eigenvalue weighted by Crippen LogP contribution is 2.25. The first kappa shape index (κ1) is 15.5. The molecule has 0 aromatic heterocycles. The van der Waals surface area contributed by atoms with E-state index >= 15 is 0 Å². The first-order chi connectivity index (χ1) is 8.29. The lowest BCUT2D eigenvalue weighted by Crippen LogP contribution is -2.36. The molecule has 1 atom stereocenters. The number of hydrogen-bond acceptors (Lipinski definition) is 2. The summed E-state index contributed by atoms with van der Waals surface area (Å²) in [4.78, 5) is 14.2. The van der Waals surface area contributed by atoms with Gasteiger partial charge in [0.1, 0.15) is 0 Å². The molecule has 0 spiro atoms. The SMILES string of the molecule is CC(C)C1CCCN(C(=O)CCC(C)(C)N)CC1. The molecule has 1 saturated heterocycles. The maximum absolute atomic E-state index is 12.1. The number of rotatable bonds is 4. The van der Waals surface area contributed by atoms with Crippen molar-refractivity contribution in [3.8, 4) is 0 Å². The second-order valence-corrected chi connectivity index (χ2v) is 6.80. The second-order valence-electron chi connectivity index (χ2n) is 6.80. The van der Waals surface area contributed by atoms with Crippen LogP contribution in [-0.2, 0) is 4.79 Å². The van der Waals surface area contributed by atoms with Gasteiger partial charge in [0.25, 0.3) is 0 Å². The van der Waals surface area contributed by atoms with E-state index in [1.807, 2.05) is 18.7 Å². The molecule has 1 unspecified atom stereocenters. The fourth-order valence-corrected chi connectivity index (χ4v) is 2.63. The van der Waals surface area contributed by atoms with Crippen LogP contribution in [0.1, 0.15) is 59.8 Å². The predicted octanol–water partition coefficient (Wildman–Crippen LogP) is 2.79. The molecule has 3 nitrogen and oxygen atoms in total. The van der Waals surface area contributed by atoms with Crippen molar-refractivity contribution in [1.82, 2.24) is 4.90 Å². The van der Waals surface area contributed by atoms with Crippen LogP contribution in [0.2, 0.25) is 0 Å². The van der Waals surface area contributed by atoms with Gasteiger partial charge in [0.15, 0.2) is 0 Å². The zero-order valence-electron chi connectivity index (χ0n) is 12.5. The van der Waals surface area contributed by atoms with Crippen LogP contribution in [0.15, 0.2) is 0 Å². The van der Waals surface area contributed by atoms with Gasteiger partial charge in [-0.25, -0.2) is 0 Å². The maximum atomic E-state index is 12.1. The van der Waals surface area contributed by atoms with Crippen LogP contribution in [0.3, 0.4) is 0 Å². The number of amides is 1. The molecule has 1 aliphatic rings. The molecule has 106 valence electrons. The van der Waals surface area contributed by atoms with Crippen molar-refractivity contribution >= 4 is 5.91 Å². The molecule has 1 rings (SSSR count). The predicted molar refractivity (Wildman–Crippen MR) is 76.3 cm³/mol. The van der Waals surface area contributed by atoms with Crippen molar-refractivity contribution in [2.75, 3.05) is 13.1 Å². The quantitative estimate of drug-likeness (QED) is 0.838. The van der Waals surface area contributed by atoms with Gasteiger partial charge in [-0.3, -0.25) is 4.79 Å². The van der Waals surface area contributed by atoms with E-state index in [0.717, 1.165) is 44.2 Å². The molecule has 0 aromatic carbocycles. The molecule has 0 aliphatic carbocycles. The Balaban J connectivity index is 2.40. The van der Waals surface area contributed by atoms with Crippen LogP contribution >= 0.6 is 0 Å². The molecule has 1 amide bonds. The van der Waals surface area contributed by atoms with Crippen LogP contribution < -0.4 is 5.73 Å². The van der Waals surface area contributed by atoms with E-state index in [4.69, 9.17) is 5.73 Å². The summed E-state index contributed by atoms with van der Waals surface area (Å²) in [6, 6.07) is 0. The van der Waals surface area contributed by atoms with Gasteiger partial charge in [-0.05, 0) is 51.4 Å². The van der Waals surface area contributed by atoms with Gasteiger partial charge in [0.05, 0.1) is 0 Å². The lowest BCUT2D eigenvalue weighted by molar-refractivity contribution is -0.131. The highest BCUT2D eigenvalue weighted by molar-refractivity contribution is 5.76. The fraction of sp³-hybridized carbons (Fsp3) is 0.933. The van der Waals surface area contributed by atoms with E-state index in [0.29, 0.717) is 6.42 Å². The Kier molecular flexibility index (Phi) is 5.64. The van der Waals surface area contributed by atoms with Crippen molar-refractivity contribution in [3.05, 3.63) is 0 Å². The molecule has 0 saturated carbocycles. The van der Waals surface area contributed by atoms with Gasteiger partial charge < -0.3 is 10.6 Å². The third-order valence-electron chi connectivity index (χ3n) is 4.05. The number of hydrogen-bond donors (Lipinski definition) is 1. The number of nitrogens with two attached hydrogens (primary N) is 1. The number of likely N-dealkylation sites (tertiary alicyclic amines) is 1. The average molecular weight is 254 g/mol. The van der Waals surface area contributed by atoms with E-state index in [9.17, 15) is 4.79 Å². The van der Waals surface area contributed by atoms with E-state index in [-0.39, 0.29) is 11.4 Å². The summed E-state index contributed by atoms with van der Waals surface area (Å²) in [6.45, 7) is 10.4. The lowest BCUT2D eigenvalue weighted by atomic mass is 9.89. The first-order valence-electron chi connectivity index (χ1n) is 7.36. The molecular weight excluding hydrogens is 224 g/mol. The van der Waals surface area contributed by atoms with E-state index in [1.54, 1.807) is 0 Å². The molecule has 0 bridgehead atoms. The molecule has 3 heteroatoms. The van der Waals surface area contributed by atoms with Crippen LogP contribution in [0.25, 0.3) is 0 Å². The third kappa shape index (κ3) is 5.38. The highest BCUT2D eigenvalue weighted by Gasteiger charge is 2.23. The Hall–Kier alpha value is -0.570. The second kappa shape index (κ2) is 6.55. The topological polar surface area (TPSA) is 46.3 Å². The van der Waals surface area contributed by atoms with Crippen LogP contribution in [0.4, 0.5) is 0 Å². The van der Waals surface area contributed by atoms with Crippen molar-refractivity contribution in [3.63, 3.8) is 0 Å². The molecule has 18 heavy (non-hydrogen) atoms. The summed E-state index contributed by atoms with van der Waals surface area (Å²) < 4.78 is 0. The van der Waals surface area contributed by atoms with Crippen molar-refractivity contribution in [1.29, 1.82) is 0 Å². The molecule has 0 radical (unpaired) electrons. The minimum atomic E-state index is -0.234. The molecule has 0 aromatic rings. The van der Waals surface area contributed by atoms with Gasteiger partial charge >= 0.3 is 0 Å². The van der Waals surface area contributed by atoms with Crippen LogP contribution in [-0.4, -0.2) is 29.4 Å². The van der Waals surface area contributed by atoms with Gasteiger partial charge in [0, 0.05) is 25.0 Å². The van der Waals surface area contributed by atoms with E-state index in [2.05, 4.69) is 13.8 Å².